The summed E-state index contributed by atoms with van der Waals surface area (Å²) in [6.45, 7) is 6.31. The third-order valence-corrected chi connectivity index (χ3v) is 2.77. The highest BCUT2D eigenvalue weighted by molar-refractivity contribution is 5.87. The number of fused-ring (bicyclic) bond motifs is 1. The van der Waals surface area contributed by atoms with Crippen molar-refractivity contribution >= 4 is 10.9 Å². The Hall–Kier alpha value is -1.28. The Balaban J connectivity index is 2.85. The lowest BCUT2D eigenvalue weighted by Gasteiger charge is -1.99. The second-order valence-corrected chi connectivity index (χ2v) is 3.89. The first-order valence-corrected chi connectivity index (χ1v) is 4.82. The number of aliphatic hydroxyl groups is 1. The van der Waals surface area contributed by atoms with Gasteiger partial charge in [-0.05, 0) is 38.0 Å². The number of rotatable bonds is 1. The summed E-state index contributed by atoms with van der Waals surface area (Å²) in [5.41, 5.74) is 5.74. The molecular weight excluding hydrogens is 174 g/mol. The molecular formula is C12H15NO. The standard InChI is InChI=1S/C12H15NO/c1-7-4-8(2)12-10(5-7)9(3)11(6-14)13-12/h4-5,13-14H,6H2,1-3H3. The van der Waals surface area contributed by atoms with Crippen LogP contribution < -0.4 is 0 Å². The molecule has 0 bridgehead atoms. The number of H-pyrrole nitrogens is 1. The molecule has 0 amide bonds. The lowest BCUT2D eigenvalue weighted by molar-refractivity contribution is 0.277. The number of benzene rings is 1. The summed E-state index contributed by atoms with van der Waals surface area (Å²) in [6, 6.07) is 4.31. The minimum Gasteiger partial charge on any atom is -0.390 e. The Morgan fingerprint density at radius 1 is 1.21 bits per heavy atom. The molecule has 14 heavy (non-hydrogen) atoms. The van der Waals surface area contributed by atoms with Gasteiger partial charge < -0.3 is 10.1 Å². The number of nitrogens with one attached hydrogen (secondary N) is 1. The number of hydrogen-bond acceptors (Lipinski definition) is 1. The van der Waals surface area contributed by atoms with Gasteiger partial charge in [0.1, 0.15) is 0 Å². The van der Waals surface area contributed by atoms with Gasteiger partial charge in [-0.25, -0.2) is 0 Å². The van der Waals surface area contributed by atoms with E-state index in [1.54, 1.807) is 0 Å². The monoisotopic (exact) mass is 189 g/mol. The summed E-state index contributed by atoms with van der Waals surface area (Å²) < 4.78 is 0. The second-order valence-electron chi connectivity index (χ2n) is 3.89. The van der Waals surface area contributed by atoms with Crippen molar-refractivity contribution in [3.05, 3.63) is 34.5 Å². The molecule has 0 spiro atoms. The Kier molecular flexibility index (Phi) is 2.08. The molecule has 0 aliphatic heterocycles. The molecule has 2 nitrogen and oxygen atoms in total. The Morgan fingerprint density at radius 2 is 1.93 bits per heavy atom. The van der Waals surface area contributed by atoms with E-state index in [0.29, 0.717) is 0 Å². The molecule has 1 aromatic carbocycles. The van der Waals surface area contributed by atoms with Crippen LogP contribution in [0, 0.1) is 20.8 Å². The fourth-order valence-electron chi connectivity index (χ4n) is 1.99. The normalized spacial score (nSPS) is 11.1. The van der Waals surface area contributed by atoms with E-state index in [2.05, 4.69) is 31.0 Å². The van der Waals surface area contributed by atoms with Gasteiger partial charge in [-0.1, -0.05) is 11.6 Å². The summed E-state index contributed by atoms with van der Waals surface area (Å²) in [5, 5.41) is 10.4. The summed E-state index contributed by atoms with van der Waals surface area (Å²) in [6.07, 6.45) is 0. The van der Waals surface area contributed by atoms with Crippen LogP contribution in [0.3, 0.4) is 0 Å². The molecule has 1 heterocycles. The van der Waals surface area contributed by atoms with Gasteiger partial charge in [0.05, 0.1) is 6.61 Å². The van der Waals surface area contributed by atoms with Gasteiger partial charge in [0.15, 0.2) is 0 Å². The summed E-state index contributed by atoms with van der Waals surface area (Å²) in [5.74, 6) is 0. The maximum Gasteiger partial charge on any atom is 0.0833 e. The number of hydrogen-bond donors (Lipinski definition) is 2. The third kappa shape index (κ3) is 1.23. The van der Waals surface area contributed by atoms with E-state index in [-0.39, 0.29) is 6.61 Å². The van der Waals surface area contributed by atoms with Crippen molar-refractivity contribution in [1.82, 2.24) is 4.98 Å². The average Bonchev–Trinajstić information content (AvgIpc) is 2.44. The van der Waals surface area contributed by atoms with E-state index >= 15 is 0 Å². The van der Waals surface area contributed by atoms with E-state index in [1.807, 2.05) is 6.92 Å². The number of aryl methyl sites for hydroxylation is 3. The zero-order valence-corrected chi connectivity index (χ0v) is 8.81. The molecule has 0 saturated carbocycles. The molecule has 1 aromatic heterocycles. The van der Waals surface area contributed by atoms with Crippen molar-refractivity contribution in [2.24, 2.45) is 0 Å². The van der Waals surface area contributed by atoms with E-state index in [1.165, 1.54) is 16.5 Å². The van der Waals surface area contributed by atoms with Gasteiger partial charge in [0, 0.05) is 16.6 Å². The fraction of sp³-hybridized carbons (Fsp3) is 0.333. The molecule has 0 atom stereocenters. The molecule has 2 rings (SSSR count). The van der Waals surface area contributed by atoms with Gasteiger partial charge in [-0.2, -0.15) is 0 Å². The minimum atomic E-state index is 0.0823. The van der Waals surface area contributed by atoms with Crippen molar-refractivity contribution in [1.29, 1.82) is 0 Å². The first-order chi connectivity index (χ1) is 6.63. The van der Waals surface area contributed by atoms with Crippen molar-refractivity contribution in [3.8, 4) is 0 Å². The average molecular weight is 189 g/mol. The molecule has 0 radical (unpaired) electrons. The van der Waals surface area contributed by atoms with E-state index < -0.39 is 0 Å². The maximum absolute atomic E-state index is 9.15. The Bertz CT molecular complexity index is 483. The van der Waals surface area contributed by atoms with Gasteiger partial charge in [0.25, 0.3) is 0 Å². The SMILES string of the molecule is Cc1cc(C)c2[nH]c(CO)c(C)c2c1. The lowest BCUT2D eigenvalue weighted by atomic mass is 10.1. The van der Waals surface area contributed by atoms with Crippen LogP contribution in [0.4, 0.5) is 0 Å². The van der Waals surface area contributed by atoms with Gasteiger partial charge >= 0.3 is 0 Å². The quantitative estimate of drug-likeness (QED) is 0.710. The number of aromatic amines is 1. The summed E-state index contributed by atoms with van der Waals surface area (Å²) in [7, 11) is 0. The molecule has 2 heteroatoms. The first-order valence-electron chi connectivity index (χ1n) is 4.82. The zero-order chi connectivity index (χ0) is 10.3. The topological polar surface area (TPSA) is 36.0 Å². The fourth-order valence-corrected chi connectivity index (χ4v) is 1.99. The zero-order valence-electron chi connectivity index (χ0n) is 8.81. The summed E-state index contributed by atoms with van der Waals surface area (Å²) >= 11 is 0. The molecule has 0 fully saturated rings. The van der Waals surface area contributed by atoms with E-state index in [0.717, 1.165) is 16.8 Å². The molecule has 0 unspecified atom stereocenters. The third-order valence-electron chi connectivity index (χ3n) is 2.77. The largest absolute Gasteiger partial charge is 0.390 e. The van der Waals surface area contributed by atoms with Crippen LogP contribution >= 0.6 is 0 Å². The van der Waals surface area contributed by atoms with Crippen molar-refractivity contribution in [2.75, 3.05) is 0 Å². The van der Waals surface area contributed by atoms with Crippen LogP contribution in [0.5, 0.6) is 0 Å². The van der Waals surface area contributed by atoms with Gasteiger partial charge in [-0.3, -0.25) is 0 Å². The highest BCUT2D eigenvalue weighted by Crippen LogP contribution is 2.25. The smallest absolute Gasteiger partial charge is 0.0833 e. The van der Waals surface area contributed by atoms with Gasteiger partial charge in [0.2, 0.25) is 0 Å². The van der Waals surface area contributed by atoms with Crippen LogP contribution in [-0.2, 0) is 6.61 Å². The van der Waals surface area contributed by atoms with Crippen LogP contribution in [0.2, 0.25) is 0 Å². The first kappa shape index (κ1) is 9.28. The van der Waals surface area contributed by atoms with Crippen LogP contribution in [0.1, 0.15) is 22.4 Å². The predicted molar refractivity (Wildman–Crippen MR) is 58.4 cm³/mol. The van der Waals surface area contributed by atoms with Crippen LogP contribution in [-0.4, -0.2) is 10.1 Å². The molecule has 0 saturated heterocycles. The number of aromatic nitrogens is 1. The van der Waals surface area contributed by atoms with Crippen molar-refractivity contribution in [2.45, 2.75) is 27.4 Å². The molecule has 2 aromatic rings. The maximum atomic E-state index is 9.15. The Labute approximate surface area is 83.6 Å². The van der Waals surface area contributed by atoms with E-state index in [9.17, 15) is 0 Å². The van der Waals surface area contributed by atoms with E-state index in [4.69, 9.17) is 5.11 Å². The van der Waals surface area contributed by atoms with Crippen molar-refractivity contribution in [3.63, 3.8) is 0 Å². The molecule has 0 aliphatic carbocycles. The van der Waals surface area contributed by atoms with Gasteiger partial charge in [-0.15, -0.1) is 0 Å². The predicted octanol–water partition coefficient (Wildman–Crippen LogP) is 2.59. The highest BCUT2D eigenvalue weighted by atomic mass is 16.3. The molecule has 74 valence electrons. The van der Waals surface area contributed by atoms with Crippen LogP contribution in [0.25, 0.3) is 10.9 Å². The van der Waals surface area contributed by atoms with Crippen molar-refractivity contribution < 1.29 is 5.11 Å². The van der Waals surface area contributed by atoms with Crippen LogP contribution in [0.15, 0.2) is 12.1 Å². The molecule has 2 N–H and O–H groups in total. The Morgan fingerprint density at radius 3 is 2.57 bits per heavy atom. The lowest BCUT2D eigenvalue weighted by Crippen LogP contribution is -1.84. The molecule has 0 aliphatic rings. The second kappa shape index (κ2) is 3.14. The summed E-state index contributed by atoms with van der Waals surface area (Å²) in [4.78, 5) is 3.26. The highest BCUT2D eigenvalue weighted by Gasteiger charge is 2.08. The number of aliphatic hydroxyl groups excluding tert-OH is 1. The minimum absolute atomic E-state index is 0.0823.